The molecule has 3 fully saturated rings. The molecule has 3 aliphatic heterocycles. The van der Waals surface area contributed by atoms with Crippen LogP contribution in [0.15, 0.2) is 0 Å². The van der Waals surface area contributed by atoms with E-state index in [2.05, 4.69) is 10.2 Å². The van der Waals surface area contributed by atoms with Gasteiger partial charge in [-0.1, -0.05) is 0 Å². The highest BCUT2D eigenvalue weighted by Crippen LogP contribution is 2.21. The number of amides is 2. The minimum Gasteiger partial charge on any atom is -0.392 e. The monoisotopic (exact) mass is 333 g/mol. The molecule has 0 aromatic carbocycles. The average Bonchev–Trinajstić information content (AvgIpc) is 2.91. The van der Waals surface area contributed by atoms with Crippen molar-refractivity contribution in [1.29, 1.82) is 0 Å². The van der Waals surface area contributed by atoms with Gasteiger partial charge in [-0.15, -0.1) is 0 Å². The third-order valence-corrected chi connectivity index (χ3v) is 6.48. The number of sulfone groups is 1. The van der Waals surface area contributed by atoms with Gasteiger partial charge in [0.15, 0.2) is 9.84 Å². The van der Waals surface area contributed by atoms with Crippen molar-refractivity contribution in [1.82, 2.24) is 15.1 Å². The number of nitrogens with zero attached hydrogens (tertiary/aromatic N) is 2. The molecular weight excluding hydrogens is 310 g/mol. The summed E-state index contributed by atoms with van der Waals surface area (Å²) in [4.78, 5) is 16.0. The molecule has 0 bridgehead atoms. The van der Waals surface area contributed by atoms with Gasteiger partial charge in [-0.05, 0) is 6.42 Å². The largest absolute Gasteiger partial charge is 0.392 e. The van der Waals surface area contributed by atoms with Crippen LogP contribution in [0.4, 0.5) is 4.79 Å². The Labute approximate surface area is 130 Å². The van der Waals surface area contributed by atoms with Crippen molar-refractivity contribution in [2.45, 2.75) is 30.7 Å². The van der Waals surface area contributed by atoms with Crippen molar-refractivity contribution < 1.29 is 23.1 Å². The zero-order valence-electron chi connectivity index (χ0n) is 12.6. The highest BCUT2D eigenvalue weighted by Gasteiger charge is 2.42. The third kappa shape index (κ3) is 3.22. The van der Waals surface area contributed by atoms with Crippen LogP contribution in [0.2, 0.25) is 0 Å². The number of methoxy groups -OCH3 is 1. The van der Waals surface area contributed by atoms with Crippen LogP contribution in [0.25, 0.3) is 0 Å². The van der Waals surface area contributed by atoms with E-state index < -0.39 is 22.0 Å². The Morgan fingerprint density at radius 3 is 2.59 bits per heavy atom. The van der Waals surface area contributed by atoms with Crippen molar-refractivity contribution in [3.8, 4) is 0 Å². The first-order valence-corrected chi connectivity index (χ1v) is 9.41. The Hall–Kier alpha value is -0.900. The molecule has 0 radical (unpaired) electrons. The van der Waals surface area contributed by atoms with Crippen LogP contribution in [0.1, 0.15) is 6.42 Å². The number of carbonyl (C=O) groups is 1. The number of urea groups is 1. The molecule has 0 aliphatic carbocycles. The fourth-order valence-corrected chi connectivity index (χ4v) is 5.23. The van der Waals surface area contributed by atoms with E-state index in [0.29, 0.717) is 25.7 Å². The van der Waals surface area contributed by atoms with E-state index in [0.717, 1.165) is 13.0 Å². The second-order valence-corrected chi connectivity index (χ2v) is 8.56. The fraction of sp³-hybridized carbons (Fsp3) is 0.923. The number of ether oxygens (including phenoxy) is 1. The summed E-state index contributed by atoms with van der Waals surface area (Å²) < 4.78 is 28.4. The van der Waals surface area contributed by atoms with Crippen LogP contribution in [0.3, 0.4) is 0 Å². The summed E-state index contributed by atoms with van der Waals surface area (Å²) in [5.41, 5.74) is 0. The number of nitrogens with one attached hydrogen (secondary N) is 1. The predicted octanol–water partition coefficient (Wildman–Crippen LogP) is -1.74. The van der Waals surface area contributed by atoms with E-state index in [1.165, 1.54) is 7.11 Å². The van der Waals surface area contributed by atoms with E-state index in [9.17, 15) is 18.3 Å². The number of β-amino-alcohol motifs (C(OH)–C–C–N with tert-alkyl or cyclic N) is 1. The molecule has 0 saturated carbocycles. The van der Waals surface area contributed by atoms with Gasteiger partial charge in [-0.2, -0.15) is 0 Å². The first-order valence-electron chi connectivity index (χ1n) is 7.59. The minimum atomic E-state index is -3.14. The number of carbonyl (C=O) groups excluding carboxylic acids is 1. The van der Waals surface area contributed by atoms with Crippen molar-refractivity contribution >= 4 is 15.9 Å². The summed E-state index contributed by atoms with van der Waals surface area (Å²) in [5, 5.41) is 12.3. The maximum atomic E-state index is 12.2. The molecule has 3 rings (SSSR count). The van der Waals surface area contributed by atoms with Gasteiger partial charge in [0.05, 0.1) is 29.8 Å². The Balaban J connectivity index is 1.48. The van der Waals surface area contributed by atoms with Gasteiger partial charge >= 0.3 is 6.03 Å². The van der Waals surface area contributed by atoms with E-state index in [1.54, 1.807) is 4.90 Å². The summed E-state index contributed by atoms with van der Waals surface area (Å²) in [7, 11) is -1.68. The summed E-state index contributed by atoms with van der Waals surface area (Å²) >= 11 is 0. The number of hydrogen-bond acceptors (Lipinski definition) is 6. The standard InChI is InChI=1S/C13H23N3O5S/c1-21-12-8-22(19,20)7-11(12)14-13(18)16-4-9(5-16)15-3-2-10(17)6-15/h9-12,17H,2-8H2,1H3,(H,14,18)/t10-,11?,12?/m1/s1. The lowest BCUT2D eigenvalue weighted by Crippen LogP contribution is -2.64. The molecule has 3 atom stereocenters. The van der Waals surface area contributed by atoms with Crippen LogP contribution in [0.5, 0.6) is 0 Å². The summed E-state index contributed by atoms with van der Waals surface area (Å²) in [5.74, 6) is -0.102. The van der Waals surface area contributed by atoms with Crippen LogP contribution in [0, 0.1) is 0 Å². The van der Waals surface area contributed by atoms with Crippen LogP contribution in [-0.2, 0) is 14.6 Å². The van der Waals surface area contributed by atoms with Gasteiger partial charge < -0.3 is 20.1 Å². The van der Waals surface area contributed by atoms with Gasteiger partial charge in [0, 0.05) is 39.3 Å². The minimum absolute atomic E-state index is 0.0390. The molecule has 126 valence electrons. The van der Waals surface area contributed by atoms with Crippen molar-refractivity contribution in [2.75, 3.05) is 44.8 Å². The highest BCUT2D eigenvalue weighted by molar-refractivity contribution is 7.91. The van der Waals surface area contributed by atoms with E-state index in [4.69, 9.17) is 4.74 Å². The van der Waals surface area contributed by atoms with Crippen molar-refractivity contribution in [3.63, 3.8) is 0 Å². The normalized spacial score (nSPS) is 35.5. The molecule has 2 unspecified atom stereocenters. The van der Waals surface area contributed by atoms with Gasteiger partial charge in [-0.3, -0.25) is 4.90 Å². The highest BCUT2D eigenvalue weighted by atomic mass is 32.2. The number of aliphatic hydroxyl groups excluding tert-OH is 1. The van der Waals surface area contributed by atoms with Crippen molar-refractivity contribution in [2.24, 2.45) is 0 Å². The molecule has 9 heteroatoms. The zero-order chi connectivity index (χ0) is 15.9. The zero-order valence-corrected chi connectivity index (χ0v) is 13.5. The van der Waals surface area contributed by atoms with Gasteiger partial charge in [0.1, 0.15) is 0 Å². The SMILES string of the molecule is COC1CS(=O)(=O)CC1NC(=O)N1CC(N2CC[C@@H](O)C2)C1. The fourth-order valence-electron chi connectivity index (χ4n) is 3.38. The lowest BCUT2D eigenvalue weighted by Gasteiger charge is -2.44. The average molecular weight is 333 g/mol. The summed E-state index contributed by atoms with van der Waals surface area (Å²) in [6, 6.07) is -0.413. The Morgan fingerprint density at radius 1 is 1.27 bits per heavy atom. The Kier molecular flexibility index (Phi) is 4.32. The molecule has 2 N–H and O–H groups in total. The second-order valence-electron chi connectivity index (χ2n) is 6.40. The molecule has 3 saturated heterocycles. The lowest BCUT2D eigenvalue weighted by atomic mass is 10.1. The smallest absolute Gasteiger partial charge is 0.317 e. The maximum Gasteiger partial charge on any atom is 0.317 e. The summed E-state index contributed by atoms with van der Waals surface area (Å²) in [6.07, 6.45) is 0.0619. The van der Waals surface area contributed by atoms with Crippen LogP contribution >= 0.6 is 0 Å². The molecule has 0 aromatic heterocycles. The maximum absolute atomic E-state index is 12.2. The van der Waals surface area contributed by atoms with E-state index >= 15 is 0 Å². The Bertz CT molecular complexity index is 534. The molecule has 22 heavy (non-hydrogen) atoms. The predicted molar refractivity (Wildman–Crippen MR) is 79.3 cm³/mol. The molecule has 0 aromatic rings. The molecular formula is C13H23N3O5S. The third-order valence-electron chi connectivity index (χ3n) is 4.77. The van der Waals surface area contributed by atoms with E-state index in [1.807, 2.05) is 0 Å². The molecule has 3 aliphatic rings. The quantitative estimate of drug-likeness (QED) is 0.636. The second kappa shape index (κ2) is 5.95. The lowest BCUT2D eigenvalue weighted by molar-refractivity contribution is 0.0553. The van der Waals surface area contributed by atoms with Gasteiger partial charge in [0.25, 0.3) is 0 Å². The number of likely N-dealkylation sites (tertiary alicyclic amines) is 2. The van der Waals surface area contributed by atoms with Crippen LogP contribution < -0.4 is 5.32 Å². The topological polar surface area (TPSA) is 99.2 Å². The van der Waals surface area contributed by atoms with Crippen molar-refractivity contribution in [3.05, 3.63) is 0 Å². The molecule has 2 amide bonds. The Morgan fingerprint density at radius 2 is 2.00 bits per heavy atom. The first-order chi connectivity index (χ1) is 10.4. The number of hydrogen-bond donors (Lipinski definition) is 2. The molecule has 8 nitrogen and oxygen atoms in total. The number of aliphatic hydroxyl groups is 1. The van der Waals surface area contributed by atoms with E-state index in [-0.39, 0.29) is 23.6 Å². The van der Waals surface area contributed by atoms with Crippen LogP contribution in [-0.4, -0.2) is 98.4 Å². The van der Waals surface area contributed by atoms with Gasteiger partial charge in [-0.25, -0.2) is 13.2 Å². The molecule has 3 heterocycles. The first kappa shape index (κ1) is 16.0. The molecule has 0 spiro atoms. The summed E-state index contributed by atoms with van der Waals surface area (Å²) in [6.45, 7) is 2.78. The number of rotatable bonds is 3. The van der Waals surface area contributed by atoms with Gasteiger partial charge in [0.2, 0.25) is 0 Å².